The van der Waals surface area contributed by atoms with Crippen molar-refractivity contribution >= 4 is 35.3 Å². The molecule has 7 heteroatoms. The molecule has 1 aliphatic rings. The Morgan fingerprint density at radius 2 is 1.92 bits per heavy atom. The second kappa shape index (κ2) is 8.01. The van der Waals surface area contributed by atoms with Crippen molar-refractivity contribution in [3.63, 3.8) is 0 Å². The maximum absolute atomic E-state index is 12.3. The molecule has 1 N–H and O–H groups in total. The van der Waals surface area contributed by atoms with E-state index in [2.05, 4.69) is 10.5 Å². The molecule has 1 unspecified atom stereocenters. The number of carbonyl (C=O) groups excluding carboxylic acids is 2. The number of methoxy groups -OCH3 is 1. The van der Waals surface area contributed by atoms with E-state index in [1.165, 1.54) is 0 Å². The fourth-order valence-electron chi connectivity index (χ4n) is 2.71. The monoisotopic (exact) mass is 371 g/mol. The first-order valence-corrected chi connectivity index (χ1v) is 8.47. The molecule has 6 nitrogen and oxygen atoms in total. The van der Waals surface area contributed by atoms with Crippen LogP contribution in [0.25, 0.3) is 0 Å². The predicted octanol–water partition coefficient (Wildman–Crippen LogP) is 2.85. The molecule has 1 aliphatic heterocycles. The third kappa shape index (κ3) is 4.21. The van der Waals surface area contributed by atoms with Gasteiger partial charge < -0.3 is 9.64 Å². The summed E-state index contributed by atoms with van der Waals surface area (Å²) < 4.78 is 5.08. The molecule has 3 rings (SSSR count). The molecule has 0 aliphatic carbocycles. The molecule has 2 aromatic carbocycles. The van der Waals surface area contributed by atoms with Gasteiger partial charge in [0.05, 0.1) is 19.2 Å². The van der Waals surface area contributed by atoms with Gasteiger partial charge in [-0.15, -0.1) is 0 Å². The molecule has 26 heavy (non-hydrogen) atoms. The van der Waals surface area contributed by atoms with Gasteiger partial charge in [-0.3, -0.25) is 9.59 Å². The first kappa shape index (κ1) is 17.9. The average Bonchev–Trinajstić information content (AvgIpc) is 3.05. The van der Waals surface area contributed by atoms with E-state index >= 15 is 0 Å². The molecule has 0 spiro atoms. The number of hydrogen-bond acceptors (Lipinski definition) is 4. The first-order valence-electron chi connectivity index (χ1n) is 8.09. The minimum absolute atomic E-state index is 0.0911. The Balaban J connectivity index is 1.57. The Kier molecular flexibility index (Phi) is 5.53. The van der Waals surface area contributed by atoms with E-state index in [1.807, 2.05) is 24.3 Å². The van der Waals surface area contributed by atoms with Gasteiger partial charge in [0.1, 0.15) is 5.75 Å². The van der Waals surface area contributed by atoms with Crippen LogP contribution in [0.5, 0.6) is 5.75 Å². The van der Waals surface area contributed by atoms with E-state index in [0.29, 0.717) is 11.6 Å². The topological polar surface area (TPSA) is 71.0 Å². The van der Waals surface area contributed by atoms with Crippen LogP contribution in [0.4, 0.5) is 5.69 Å². The Bertz CT molecular complexity index is 819. The number of benzene rings is 2. The van der Waals surface area contributed by atoms with Crippen LogP contribution >= 0.6 is 11.6 Å². The van der Waals surface area contributed by atoms with Crippen molar-refractivity contribution in [1.29, 1.82) is 0 Å². The SMILES string of the molecule is COc1ccc(C=NNC(=O)C2CC(=O)N(c3ccc(Cl)cc3)C2)cc1. The molecule has 0 bridgehead atoms. The molecule has 1 atom stereocenters. The summed E-state index contributed by atoms with van der Waals surface area (Å²) in [5, 5.41) is 4.56. The maximum Gasteiger partial charge on any atom is 0.245 e. The zero-order chi connectivity index (χ0) is 18.5. The van der Waals surface area contributed by atoms with Crippen LogP contribution in [0.2, 0.25) is 5.02 Å². The van der Waals surface area contributed by atoms with Crippen LogP contribution in [0.1, 0.15) is 12.0 Å². The lowest BCUT2D eigenvalue weighted by molar-refractivity contribution is -0.126. The minimum Gasteiger partial charge on any atom is -0.497 e. The van der Waals surface area contributed by atoms with Gasteiger partial charge in [0, 0.05) is 23.7 Å². The Hall–Kier alpha value is -2.86. The number of anilines is 1. The summed E-state index contributed by atoms with van der Waals surface area (Å²) in [6, 6.07) is 14.2. The normalized spacial score (nSPS) is 16.9. The van der Waals surface area contributed by atoms with Crippen molar-refractivity contribution in [3.8, 4) is 5.75 Å². The highest BCUT2D eigenvalue weighted by Crippen LogP contribution is 2.26. The summed E-state index contributed by atoms with van der Waals surface area (Å²) in [5.41, 5.74) is 4.07. The Morgan fingerprint density at radius 1 is 1.23 bits per heavy atom. The third-order valence-electron chi connectivity index (χ3n) is 4.14. The standard InChI is InChI=1S/C19H18ClN3O3/c1-26-17-8-2-13(3-9-17)11-21-22-19(25)14-10-18(24)23(12-14)16-6-4-15(20)5-7-16/h2-9,11,14H,10,12H2,1H3,(H,22,25). The lowest BCUT2D eigenvalue weighted by atomic mass is 10.1. The summed E-state index contributed by atoms with van der Waals surface area (Å²) in [5.74, 6) is -0.0599. The number of ether oxygens (including phenoxy) is 1. The Labute approximate surface area is 156 Å². The van der Waals surface area contributed by atoms with E-state index in [-0.39, 0.29) is 18.2 Å². The smallest absolute Gasteiger partial charge is 0.245 e. The molecule has 0 aromatic heterocycles. The maximum atomic E-state index is 12.3. The minimum atomic E-state index is -0.439. The van der Waals surface area contributed by atoms with Crippen molar-refractivity contribution in [1.82, 2.24) is 5.43 Å². The highest BCUT2D eigenvalue weighted by atomic mass is 35.5. The number of rotatable bonds is 5. The molecular weight excluding hydrogens is 354 g/mol. The molecule has 1 heterocycles. The average molecular weight is 372 g/mol. The second-order valence-corrected chi connectivity index (χ2v) is 6.33. The van der Waals surface area contributed by atoms with Gasteiger partial charge in [-0.05, 0) is 54.1 Å². The van der Waals surface area contributed by atoms with Crippen LogP contribution in [-0.2, 0) is 9.59 Å². The quantitative estimate of drug-likeness (QED) is 0.649. The summed E-state index contributed by atoms with van der Waals surface area (Å²) in [7, 11) is 1.60. The van der Waals surface area contributed by atoms with Crippen molar-refractivity contribution in [2.45, 2.75) is 6.42 Å². The lowest BCUT2D eigenvalue weighted by Crippen LogP contribution is -2.30. The number of nitrogens with one attached hydrogen (secondary N) is 1. The van der Waals surface area contributed by atoms with E-state index < -0.39 is 5.92 Å². The summed E-state index contributed by atoms with van der Waals surface area (Å²) in [6.45, 7) is 0.324. The number of nitrogens with zero attached hydrogens (tertiary/aromatic N) is 2. The fourth-order valence-corrected chi connectivity index (χ4v) is 2.83. The van der Waals surface area contributed by atoms with Crippen molar-refractivity contribution in [2.75, 3.05) is 18.6 Å². The largest absolute Gasteiger partial charge is 0.497 e. The number of hydrogen-bond donors (Lipinski definition) is 1. The summed E-state index contributed by atoms with van der Waals surface area (Å²) in [6.07, 6.45) is 1.71. The highest BCUT2D eigenvalue weighted by molar-refractivity contribution is 6.30. The van der Waals surface area contributed by atoms with Crippen LogP contribution in [0.15, 0.2) is 53.6 Å². The second-order valence-electron chi connectivity index (χ2n) is 5.89. The Morgan fingerprint density at radius 3 is 2.58 bits per heavy atom. The number of carbonyl (C=O) groups is 2. The van der Waals surface area contributed by atoms with Gasteiger partial charge in [-0.25, -0.2) is 5.43 Å². The van der Waals surface area contributed by atoms with E-state index in [1.54, 1.807) is 42.5 Å². The lowest BCUT2D eigenvalue weighted by Gasteiger charge is -2.16. The molecule has 1 fully saturated rings. The first-order chi connectivity index (χ1) is 12.6. The van der Waals surface area contributed by atoms with E-state index in [0.717, 1.165) is 17.0 Å². The molecule has 134 valence electrons. The van der Waals surface area contributed by atoms with Gasteiger partial charge in [-0.1, -0.05) is 11.6 Å². The van der Waals surface area contributed by atoms with E-state index in [4.69, 9.17) is 16.3 Å². The van der Waals surface area contributed by atoms with Crippen molar-refractivity contribution in [2.24, 2.45) is 11.0 Å². The van der Waals surface area contributed by atoms with Crippen LogP contribution in [-0.4, -0.2) is 31.7 Å². The number of amides is 2. The van der Waals surface area contributed by atoms with E-state index in [9.17, 15) is 9.59 Å². The van der Waals surface area contributed by atoms with Crippen molar-refractivity contribution in [3.05, 3.63) is 59.1 Å². The third-order valence-corrected chi connectivity index (χ3v) is 4.39. The molecule has 0 saturated carbocycles. The summed E-state index contributed by atoms with van der Waals surface area (Å²) >= 11 is 5.87. The van der Waals surface area contributed by atoms with Crippen LogP contribution in [0.3, 0.4) is 0 Å². The molecule has 1 saturated heterocycles. The fraction of sp³-hybridized carbons (Fsp3) is 0.211. The molecule has 0 radical (unpaired) electrons. The van der Waals surface area contributed by atoms with Gasteiger partial charge >= 0.3 is 0 Å². The zero-order valence-electron chi connectivity index (χ0n) is 14.2. The van der Waals surface area contributed by atoms with Gasteiger partial charge in [0.15, 0.2) is 0 Å². The zero-order valence-corrected chi connectivity index (χ0v) is 14.9. The van der Waals surface area contributed by atoms with Gasteiger partial charge in [-0.2, -0.15) is 5.10 Å². The summed E-state index contributed by atoms with van der Waals surface area (Å²) in [4.78, 5) is 26.1. The molecule has 2 amide bonds. The number of hydrazone groups is 1. The van der Waals surface area contributed by atoms with Gasteiger partial charge in [0.25, 0.3) is 0 Å². The highest BCUT2D eigenvalue weighted by Gasteiger charge is 2.35. The number of halogens is 1. The van der Waals surface area contributed by atoms with Crippen LogP contribution in [0, 0.1) is 5.92 Å². The predicted molar refractivity (Wildman–Crippen MR) is 101 cm³/mol. The van der Waals surface area contributed by atoms with Gasteiger partial charge in [0.2, 0.25) is 11.8 Å². The molecular formula is C19H18ClN3O3. The molecule has 2 aromatic rings. The van der Waals surface area contributed by atoms with Crippen molar-refractivity contribution < 1.29 is 14.3 Å². The van der Waals surface area contributed by atoms with Crippen LogP contribution < -0.4 is 15.1 Å².